The van der Waals surface area contributed by atoms with Gasteiger partial charge in [0.15, 0.2) is 0 Å². The van der Waals surface area contributed by atoms with E-state index in [0.29, 0.717) is 0 Å². The Labute approximate surface area is 149 Å². The number of benzene rings is 2. The van der Waals surface area contributed by atoms with Crippen molar-refractivity contribution in [1.82, 2.24) is 0 Å². The van der Waals surface area contributed by atoms with Crippen molar-refractivity contribution in [3.8, 4) is 0 Å². The summed E-state index contributed by atoms with van der Waals surface area (Å²) < 4.78 is 58.4. The summed E-state index contributed by atoms with van der Waals surface area (Å²) in [5.41, 5.74) is 4.98. The molecule has 0 fully saturated rings. The molecule has 0 spiro atoms. The summed E-state index contributed by atoms with van der Waals surface area (Å²) in [4.78, 5) is 9.19. The van der Waals surface area contributed by atoms with Crippen LogP contribution < -0.4 is 10.0 Å². The van der Waals surface area contributed by atoms with E-state index in [-0.39, 0.29) is 17.9 Å². The molecule has 2 aromatic rings. The first-order chi connectivity index (χ1) is 12.0. The maximum Gasteiger partial charge on any atom is 0.294 e. The van der Waals surface area contributed by atoms with E-state index in [2.05, 4.69) is 0 Å². The number of non-ortho nitro benzene ring substituents is 1. The molecule has 3 N–H and O–H groups in total. The van der Waals surface area contributed by atoms with Crippen molar-refractivity contribution in [3.63, 3.8) is 0 Å². The van der Waals surface area contributed by atoms with Crippen molar-refractivity contribution in [3.05, 3.63) is 52.6 Å². The van der Waals surface area contributed by atoms with E-state index < -0.39 is 40.5 Å². The minimum atomic E-state index is -4.54. The first kappa shape index (κ1) is 19.6. The van der Waals surface area contributed by atoms with Crippen LogP contribution in [0, 0.1) is 10.1 Å². The maximum atomic E-state index is 12.9. The Morgan fingerprint density at radius 1 is 1.15 bits per heavy atom. The summed E-state index contributed by atoms with van der Waals surface area (Å²) in [6, 6.07) is 7.67. The molecule has 12 heteroatoms. The van der Waals surface area contributed by atoms with E-state index in [9.17, 15) is 26.9 Å². The average molecular weight is 401 g/mol. The van der Waals surface area contributed by atoms with Gasteiger partial charge in [-0.2, -0.15) is 8.42 Å². The number of nitro benzene ring substituents is 1. The Kier molecular flexibility index (Phi) is 5.21. The molecule has 0 aliphatic heterocycles. The standard InChI is InChI=1S/C14H15N3O7S2/c1-2-16(10-4-3-5-12(8-10)26(22,23)24)25(20,21)14-9-11(17(18)19)6-7-13(14)15/h3-9H,2,15H2,1H3,(H,22,23,24). The maximum absolute atomic E-state index is 12.9. The van der Waals surface area contributed by atoms with Crippen LogP contribution in [0.4, 0.5) is 17.1 Å². The van der Waals surface area contributed by atoms with Crippen molar-refractivity contribution in [2.75, 3.05) is 16.6 Å². The van der Waals surface area contributed by atoms with E-state index in [1.54, 1.807) is 0 Å². The van der Waals surface area contributed by atoms with Crippen molar-refractivity contribution in [2.45, 2.75) is 16.7 Å². The summed E-state index contributed by atoms with van der Waals surface area (Å²) in [6.45, 7) is 1.38. The summed E-state index contributed by atoms with van der Waals surface area (Å²) in [6.07, 6.45) is 0. The Morgan fingerprint density at radius 3 is 2.35 bits per heavy atom. The topological polar surface area (TPSA) is 161 Å². The molecule has 0 amide bonds. The molecule has 0 heterocycles. The van der Waals surface area contributed by atoms with Gasteiger partial charge >= 0.3 is 0 Å². The summed E-state index contributed by atoms with van der Waals surface area (Å²) in [7, 11) is -8.86. The molecule has 140 valence electrons. The number of nitrogen functional groups attached to an aromatic ring is 1. The predicted octanol–water partition coefficient (Wildman–Crippen LogP) is 1.64. The van der Waals surface area contributed by atoms with Crippen LogP contribution >= 0.6 is 0 Å². The third-order valence-electron chi connectivity index (χ3n) is 3.47. The van der Waals surface area contributed by atoms with Gasteiger partial charge in [0.05, 0.1) is 21.2 Å². The molecule has 0 saturated heterocycles. The highest BCUT2D eigenvalue weighted by molar-refractivity contribution is 7.93. The van der Waals surface area contributed by atoms with Crippen LogP contribution in [0.25, 0.3) is 0 Å². The molecule has 10 nitrogen and oxygen atoms in total. The first-order valence-corrected chi connectivity index (χ1v) is 10.0. The lowest BCUT2D eigenvalue weighted by Crippen LogP contribution is -2.31. The third kappa shape index (κ3) is 3.76. The van der Waals surface area contributed by atoms with Gasteiger partial charge < -0.3 is 5.73 Å². The minimum absolute atomic E-state index is 0.0477. The average Bonchev–Trinajstić information content (AvgIpc) is 2.54. The second-order valence-corrected chi connectivity index (χ2v) is 8.37. The molecule has 2 rings (SSSR count). The normalized spacial score (nSPS) is 11.9. The molecule has 0 aliphatic rings. The zero-order valence-corrected chi connectivity index (χ0v) is 15.1. The molecule has 0 radical (unpaired) electrons. The lowest BCUT2D eigenvalue weighted by molar-refractivity contribution is -0.385. The van der Waals surface area contributed by atoms with Crippen molar-refractivity contribution in [2.24, 2.45) is 0 Å². The fraction of sp³-hybridized carbons (Fsp3) is 0.143. The molecule has 0 saturated carbocycles. The fourth-order valence-electron chi connectivity index (χ4n) is 2.27. The van der Waals surface area contributed by atoms with Gasteiger partial charge in [0.2, 0.25) is 0 Å². The van der Waals surface area contributed by atoms with E-state index in [4.69, 9.17) is 10.3 Å². The SMILES string of the molecule is CCN(c1cccc(S(=O)(=O)O)c1)S(=O)(=O)c1cc([N+](=O)[O-])ccc1N. The lowest BCUT2D eigenvalue weighted by Gasteiger charge is -2.23. The number of nitro groups is 1. The van der Waals surface area contributed by atoms with Gasteiger partial charge in [-0.1, -0.05) is 6.07 Å². The van der Waals surface area contributed by atoms with E-state index in [0.717, 1.165) is 34.6 Å². The summed E-state index contributed by atoms with van der Waals surface area (Å²) >= 11 is 0. The predicted molar refractivity (Wildman–Crippen MR) is 94.0 cm³/mol. The van der Waals surface area contributed by atoms with Crippen LogP contribution in [0.5, 0.6) is 0 Å². The first-order valence-electron chi connectivity index (χ1n) is 7.12. The van der Waals surface area contributed by atoms with Gasteiger partial charge in [-0.05, 0) is 31.2 Å². The largest absolute Gasteiger partial charge is 0.398 e. The van der Waals surface area contributed by atoms with Crippen LogP contribution in [-0.2, 0) is 20.1 Å². The van der Waals surface area contributed by atoms with Crippen LogP contribution in [0.2, 0.25) is 0 Å². The van der Waals surface area contributed by atoms with Crippen molar-refractivity contribution >= 4 is 37.2 Å². The van der Waals surface area contributed by atoms with Crippen LogP contribution in [0.1, 0.15) is 6.92 Å². The number of hydrogen-bond acceptors (Lipinski definition) is 7. The summed E-state index contributed by atoms with van der Waals surface area (Å²) in [5, 5.41) is 10.9. The molecular weight excluding hydrogens is 386 g/mol. The Bertz CT molecular complexity index is 1070. The fourth-order valence-corrected chi connectivity index (χ4v) is 4.39. The smallest absolute Gasteiger partial charge is 0.294 e. The molecule has 0 aromatic heterocycles. The Hall–Kier alpha value is -2.70. The highest BCUT2D eigenvalue weighted by Gasteiger charge is 2.28. The van der Waals surface area contributed by atoms with E-state index >= 15 is 0 Å². The molecule has 0 bridgehead atoms. The van der Waals surface area contributed by atoms with Gasteiger partial charge in [-0.25, -0.2) is 8.42 Å². The number of sulfonamides is 1. The Balaban J connectivity index is 2.64. The van der Waals surface area contributed by atoms with E-state index in [1.807, 2.05) is 0 Å². The number of nitrogens with two attached hydrogens (primary N) is 1. The zero-order chi connectivity index (χ0) is 19.7. The van der Waals surface area contributed by atoms with Gasteiger partial charge in [0, 0.05) is 18.7 Å². The molecular formula is C14H15N3O7S2. The van der Waals surface area contributed by atoms with E-state index in [1.165, 1.54) is 19.1 Å². The van der Waals surface area contributed by atoms with Crippen LogP contribution in [0.3, 0.4) is 0 Å². The van der Waals surface area contributed by atoms with Crippen molar-refractivity contribution in [1.29, 1.82) is 0 Å². The molecule has 0 atom stereocenters. The van der Waals surface area contributed by atoms with Gasteiger partial charge in [-0.15, -0.1) is 0 Å². The van der Waals surface area contributed by atoms with Gasteiger partial charge in [0.25, 0.3) is 25.8 Å². The van der Waals surface area contributed by atoms with Crippen LogP contribution in [-0.4, -0.2) is 32.9 Å². The quantitative estimate of drug-likeness (QED) is 0.319. The number of nitrogens with zero attached hydrogens (tertiary/aromatic N) is 2. The van der Waals surface area contributed by atoms with Gasteiger partial charge in [0.1, 0.15) is 4.90 Å². The molecule has 0 aliphatic carbocycles. The number of anilines is 2. The minimum Gasteiger partial charge on any atom is -0.398 e. The monoisotopic (exact) mass is 401 g/mol. The second kappa shape index (κ2) is 6.90. The van der Waals surface area contributed by atoms with Crippen LogP contribution in [0.15, 0.2) is 52.3 Å². The molecule has 26 heavy (non-hydrogen) atoms. The Morgan fingerprint density at radius 2 is 1.81 bits per heavy atom. The lowest BCUT2D eigenvalue weighted by atomic mass is 10.3. The highest BCUT2D eigenvalue weighted by atomic mass is 32.2. The number of rotatable bonds is 6. The zero-order valence-electron chi connectivity index (χ0n) is 13.4. The molecule has 0 unspecified atom stereocenters. The van der Waals surface area contributed by atoms with Gasteiger partial charge in [-0.3, -0.25) is 19.0 Å². The van der Waals surface area contributed by atoms with Crippen molar-refractivity contribution < 1.29 is 26.3 Å². The summed E-state index contributed by atoms with van der Waals surface area (Å²) in [5.74, 6) is 0. The number of hydrogen-bond donors (Lipinski definition) is 2. The second-order valence-electron chi connectivity index (χ2n) is 5.12. The third-order valence-corrected chi connectivity index (χ3v) is 6.27. The molecule has 2 aromatic carbocycles. The highest BCUT2D eigenvalue weighted by Crippen LogP contribution is 2.30.